The molecule has 0 fully saturated rings. The summed E-state index contributed by atoms with van der Waals surface area (Å²) in [4.78, 5) is 15.5. The fourth-order valence-electron chi connectivity index (χ4n) is 8.10. The van der Waals surface area contributed by atoms with E-state index in [0.717, 1.165) is 37.4 Å². The van der Waals surface area contributed by atoms with Gasteiger partial charge in [0.15, 0.2) is 17.5 Å². The Morgan fingerprint density at radius 2 is 1.12 bits per heavy atom. The van der Waals surface area contributed by atoms with Crippen molar-refractivity contribution < 1.29 is 12.6 Å². The number of hydrogen-bond acceptors (Lipinski definition) is 5. The van der Waals surface area contributed by atoms with Gasteiger partial charge < -0.3 is 8.98 Å². The molecule has 12 aromatic rings. The molecule has 0 N–H and O–H groups in total. The van der Waals surface area contributed by atoms with Gasteiger partial charge in [0.25, 0.3) is 0 Å². The zero-order chi connectivity index (χ0) is 42.7. The van der Waals surface area contributed by atoms with E-state index >= 15 is 0 Å². The van der Waals surface area contributed by atoms with E-state index in [-0.39, 0.29) is 58.1 Å². The summed E-state index contributed by atoms with van der Waals surface area (Å²) in [5, 5.41) is 4.39. The summed E-state index contributed by atoms with van der Waals surface area (Å²) >= 11 is 1.73. The molecule has 4 aromatic heterocycles. The summed E-state index contributed by atoms with van der Waals surface area (Å²) in [6, 6.07) is 45.8. The maximum atomic E-state index is 9.24. The van der Waals surface area contributed by atoms with Crippen LogP contribution in [0.15, 0.2) is 186 Å². The molecule has 0 saturated carbocycles. The molecule has 0 unspecified atom stereocenters. The Labute approximate surface area is 339 Å². The minimum Gasteiger partial charge on any atom is -0.455 e. The molecule has 6 heteroatoms. The van der Waals surface area contributed by atoms with Gasteiger partial charge in [-0.1, -0.05) is 133 Å². The smallest absolute Gasteiger partial charge is 0.164 e. The number of aromatic nitrogens is 4. The lowest BCUT2D eigenvalue weighted by Gasteiger charge is -2.16. The topological polar surface area (TPSA) is 56.7 Å². The molecular formula is C51H30N4OS. The first-order valence-corrected chi connectivity index (χ1v) is 19.3. The van der Waals surface area contributed by atoms with Gasteiger partial charge in [0, 0.05) is 69.5 Å². The van der Waals surface area contributed by atoms with Gasteiger partial charge in [-0.25, -0.2) is 15.0 Å². The predicted molar refractivity (Wildman–Crippen MR) is 236 cm³/mol. The van der Waals surface area contributed by atoms with Crippen LogP contribution in [-0.4, -0.2) is 19.5 Å². The third kappa shape index (κ3) is 4.98. The number of thiophene rings is 1. The van der Waals surface area contributed by atoms with Crippen LogP contribution < -0.4 is 0 Å². The Bertz CT molecular complexity index is 3830. The predicted octanol–water partition coefficient (Wildman–Crippen LogP) is 13.9. The monoisotopic (exact) mass is 752 g/mol. The molecule has 8 aromatic carbocycles. The van der Waals surface area contributed by atoms with Gasteiger partial charge in [0.1, 0.15) is 11.2 Å². The highest BCUT2D eigenvalue weighted by molar-refractivity contribution is 7.25. The molecule has 266 valence electrons. The van der Waals surface area contributed by atoms with Crippen LogP contribution in [0.3, 0.4) is 0 Å². The summed E-state index contributed by atoms with van der Waals surface area (Å²) in [5.41, 5.74) is 6.11. The van der Waals surface area contributed by atoms with Gasteiger partial charge in [0.05, 0.1) is 24.9 Å². The largest absolute Gasteiger partial charge is 0.455 e. The number of para-hydroxylation sites is 4. The van der Waals surface area contributed by atoms with Gasteiger partial charge in [-0.2, -0.15) is 0 Å². The zero-order valence-corrected chi connectivity index (χ0v) is 30.8. The molecule has 0 radical (unpaired) electrons. The van der Waals surface area contributed by atoms with E-state index in [9.17, 15) is 2.74 Å². The zero-order valence-electron chi connectivity index (χ0n) is 36.0. The fourth-order valence-corrected chi connectivity index (χ4v) is 9.24. The van der Waals surface area contributed by atoms with E-state index in [1.807, 2.05) is 109 Å². The average molecular weight is 753 g/mol. The van der Waals surface area contributed by atoms with Gasteiger partial charge in [-0.3, -0.25) is 0 Å². The van der Waals surface area contributed by atoms with Crippen LogP contribution in [-0.2, 0) is 0 Å². The molecule has 0 amide bonds. The van der Waals surface area contributed by atoms with Gasteiger partial charge in [-0.05, 0) is 48.5 Å². The second kappa shape index (κ2) is 12.6. The first-order chi connectivity index (χ1) is 30.7. The van der Waals surface area contributed by atoms with Crippen molar-refractivity contribution in [3.63, 3.8) is 0 Å². The quantitative estimate of drug-likeness (QED) is 0.176. The standard InChI is InChI=1S/C51H30N4OS/c1-2-14-31(15-3-1)49-52-50(54-51(53-49)39-22-13-27-46-47(39)38-19-7-11-26-45(38)57-46)32-28-29-43(55-41-23-8-4-16-33(41)34-17-5-9-24-42(34)55)40(30-32)37-21-12-20-36-35-18-6-10-25-44(35)56-48(36)37/h1-30H/i4D,5D,16D,17D,23D,24D. The van der Waals surface area contributed by atoms with Crippen LogP contribution in [0.5, 0.6) is 0 Å². The van der Waals surface area contributed by atoms with Gasteiger partial charge in [-0.15, -0.1) is 11.3 Å². The Kier molecular flexibility index (Phi) is 5.82. The summed E-state index contributed by atoms with van der Waals surface area (Å²) in [7, 11) is 0. The number of furan rings is 1. The molecule has 12 rings (SSSR count). The summed E-state index contributed by atoms with van der Waals surface area (Å²) in [6.45, 7) is 0. The molecule has 0 aliphatic carbocycles. The van der Waals surface area contributed by atoms with Crippen molar-refractivity contribution >= 4 is 75.3 Å². The van der Waals surface area contributed by atoms with Crippen LogP contribution in [0.2, 0.25) is 0 Å². The molecule has 57 heavy (non-hydrogen) atoms. The highest BCUT2D eigenvalue weighted by Crippen LogP contribution is 2.43. The van der Waals surface area contributed by atoms with E-state index in [0.29, 0.717) is 51.0 Å². The van der Waals surface area contributed by atoms with Crippen molar-refractivity contribution in [1.29, 1.82) is 0 Å². The van der Waals surface area contributed by atoms with Crippen LogP contribution in [0.25, 0.3) is 115 Å². The highest BCUT2D eigenvalue weighted by Gasteiger charge is 2.22. The fraction of sp³-hybridized carbons (Fsp3) is 0. The molecule has 0 saturated heterocycles. The van der Waals surface area contributed by atoms with Crippen molar-refractivity contribution in [2.45, 2.75) is 0 Å². The molecule has 0 aliphatic heterocycles. The van der Waals surface area contributed by atoms with E-state index in [1.165, 1.54) is 16.8 Å². The second-order valence-corrected chi connectivity index (χ2v) is 14.9. The summed E-state index contributed by atoms with van der Waals surface area (Å²) in [5.74, 6) is 1.44. The third-order valence-corrected chi connectivity index (χ3v) is 11.8. The maximum Gasteiger partial charge on any atom is 0.164 e. The Hall–Kier alpha value is -7.41. The van der Waals surface area contributed by atoms with Crippen LogP contribution in [0.4, 0.5) is 0 Å². The van der Waals surface area contributed by atoms with Crippen LogP contribution in [0.1, 0.15) is 8.22 Å². The molecule has 0 aliphatic rings. The van der Waals surface area contributed by atoms with Crippen LogP contribution >= 0.6 is 11.3 Å². The average Bonchev–Trinajstić information content (AvgIpc) is 4.01. The highest BCUT2D eigenvalue weighted by atomic mass is 32.1. The van der Waals surface area contributed by atoms with Crippen molar-refractivity contribution in [3.05, 3.63) is 182 Å². The number of rotatable bonds is 5. The van der Waals surface area contributed by atoms with Gasteiger partial charge in [0.2, 0.25) is 0 Å². The van der Waals surface area contributed by atoms with Crippen molar-refractivity contribution in [2.24, 2.45) is 0 Å². The minimum absolute atomic E-state index is 0.0470. The normalized spacial score (nSPS) is 13.3. The number of fused-ring (bicyclic) bond motifs is 9. The lowest BCUT2D eigenvalue weighted by Crippen LogP contribution is -2.02. The Balaban J connectivity index is 1.19. The van der Waals surface area contributed by atoms with E-state index in [2.05, 4.69) is 24.3 Å². The van der Waals surface area contributed by atoms with E-state index in [1.54, 1.807) is 15.9 Å². The second-order valence-electron chi connectivity index (χ2n) is 13.9. The maximum absolute atomic E-state index is 9.24. The summed E-state index contributed by atoms with van der Waals surface area (Å²) < 4.78 is 64.4. The van der Waals surface area contributed by atoms with E-state index in [4.69, 9.17) is 24.9 Å². The molecular weight excluding hydrogens is 717 g/mol. The first kappa shape index (κ1) is 26.4. The summed E-state index contributed by atoms with van der Waals surface area (Å²) in [6.07, 6.45) is 0. The lowest BCUT2D eigenvalue weighted by molar-refractivity contribution is 0.670. The molecule has 0 spiro atoms. The van der Waals surface area contributed by atoms with Crippen molar-refractivity contribution in [3.8, 4) is 51.0 Å². The van der Waals surface area contributed by atoms with Gasteiger partial charge >= 0.3 is 0 Å². The number of benzene rings is 8. The third-order valence-electron chi connectivity index (χ3n) is 10.6. The van der Waals surface area contributed by atoms with Crippen molar-refractivity contribution in [1.82, 2.24) is 19.5 Å². The molecule has 5 nitrogen and oxygen atoms in total. The Morgan fingerprint density at radius 1 is 0.474 bits per heavy atom. The van der Waals surface area contributed by atoms with E-state index < -0.39 is 0 Å². The number of nitrogens with zero attached hydrogens (tertiary/aromatic N) is 4. The van der Waals surface area contributed by atoms with Crippen molar-refractivity contribution in [2.75, 3.05) is 0 Å². The first-order valence-electron chi connectivity index (χ1n) is 21.5. The lowest BCUT2D eigenvalue weighted by atomic mass is 9.97. The Morgan fingerprint density at radius 3 is 1.95 bits per heavy atom. The molecule has 0 bridgehead atoms. The molecule has 0 atom stereocenters. The number of hydrogen-bond donors (Lipinski definition) is 0. The SMILES string of the molecule is [2H]c1cc([2H])c2c(c1[2H])c1c([2H])c([2H])cc([2H])c1n2-c1ccc(-c2nc(-c3ccccc3)nc(-c3cccc4sc5ccccc5c34)n2)cc1-c1cccc2c1oc1ccccc12. The van der Waals surface area contributed by atoms with Crippen LogP contribution in [0, 0.1) is 0 Å². The minimum atomic E-state index is -0.180. The molecule has 4 heterocycles.